The van der Waals surface area contributed by atoms with E-state index in [-0.39, 0.29) is 0 Å². The molecule has 1 aromatic heterocycles. The largest absolute Gasteiger partial charge is 0.378 e. The van der Waals surface area contributed by atoms with Crippen LogP contribution < -0.4 is 10.6 Å². The van der Waals surface area contributed by atoms with E-state index in [0.717, 1.165) is 28.7 Å². The average Bonchev–Trinajstić information content (AvgIpc) is 2.89. The first-order chi connectivity index (χ1) is 10.2. The monoisotopic (exact) mass is 303 g/mol. The van der Waals surface area contributed by atoms with Crippen LogP contribution in [0.15, 0.2) is 24.3 Å². The number of nitrogens with two attached hydrogens (primary N) is 1. The van der Waals surface area contributed by atoms with Gasteiger partial charge in [0.05, 0.1) is 12.3 Å². The number of thiazole rings is 1. The number of aromatic nitrogens is 1. The summed E-state index contributed by atoms with van der Waals surface area (Å²) in [6, 6.07) is 8.60. The van der Waals surface area contributed by atoms with Crippen LogP contribution in [0, 0.1) is 5.92 Å². The minimum Gasteiger partial charge on any atom is -0.378 e. The zero-order valence-corrected chi connectivity index (χ0v) is 13.3. The third kappa shape index (κ3) is 2.81. The van der Waals surface area contributed by atoms with Crippen molar-refractivity contribution < 1.29 is 4.74 Å². The molecule has 1 atom stereocenters. The molecule has 2 N–H and O–H groups in total. The Morgan fingerprint density at radius 1 is 1.43 bits per heavy atom. The van der Waals surface area contributed by atoms with Crippen molar-refractivity contribution in [2.45, 2.75) is 26.5 Å². The van der Waals surface area contributed by atoms with Gasteiger partial charge in [0.25, 0.3) is 0 Å². The number of rotatable bonds is 4. The molecule has 0 saturated carbocycles. The Hall–Kier alpha value is -1.43. The molecular formula is C16H21N3OS. The molecule has 2 aromatic rings. The van der Waals surface area contributed by atoms with Crippen LogP contribution in [-0.2, 0) is 24.3 Å². The number of anilines is 2. The van der Waals surface area contributed by atoms with Crippen LogP contribution in [0.2, 0.25) is 0 Å². The summed E-state index contributed by atoms with van der Waals surface area (Å²) in [5.41, 5.74) is 9.48. The van der Waals surface area contributed by atoms with Gasteiger partial charge in [-0.25, -0.2) is 4.98 Å². The van der Waals surface area contributed by atoms with Gasteiger partial charge in [-0.3, -0.25) is 0 Å². The number of methoxy groups -OCH3 is 1. The summed E-state index contributed by atoms with van der Waals surface area (Å²) >= 11 is 1.68. The zero-order valence-electron chi connectivity index (χ0n) is 12.5. The van der Waals surface area contributed by atoms with Crippen LogP contribution in [0.4, 0.5) is 10.8 Å². The van der Waals surface area contributed by atoms with Gasteiger partial charge in [-0.15, -0.1) is 0 Å². The minimum atomic E-state index is 0.515. The molecule has 112 valence electrons. The lowest BCUT2D eigenvalue weighted by Gasteiger charge is -2.32. The molecule has 1 unspecified atom stereocenters. The lowest BCUT2D eigenvalue weighted by molar-refractivity contribution is 0.181. The van der Waals surface area contributed by atoms with Crippen molar-refractivity contribution in [1.29, 1.82) is 0 Å². The molecule has 21 heavy (non-hydrogen) atoms. The average molecular weight is 303 g/mol. The lowest BCUT2D eigenvalue weighted by Crippen LogP contribution is -2.30. The first-order valence-electron chi connectivity index (χ1n) is 7.26. The van der Waals surface area contributed by atoms with Crippen LogP contribution in [0.25, 0.3) is 0 Å². The molecule has 0 bridgehead atoms. The van der Waals surface area contributed by atoms with E-state index in [1.54, 1.807) is 18.4 Å². The van der Waals surface area contributed by atoms with Gasteiger partial charge in [-0.2, -0.15) is 0 Å². The van der Waals surface area contributed by atoms with Crippen molar-refractivity contribution in [2.24, 2.45) is 11.7 Å². The van der Waals surface area contributed by atoms with E-state index in [0.29, 0.717) is 19.1 Å². The normalized spacial score (nSPS) is 17.9. The van der Waals surface area contributed by atoms with Gasteiger partial charge in [0.15, 0.2) is 5.13 Å². The van der Waals surface area contributed by atoms with Gasteiger partial charge >= 0.3 is 0 Å². The summed E-state index contributed by atoms with van der Waals surface area (Å²) in [5.74, 6) is 0.621. The second-order valence-corrected chi connectivity index (χ2v) is 6.61. The summed E-state index contributed by atoms with van der Waals surface area (Å²) in [5, 5.41) is 1.03. The third-order valence-electron chi connectivity index (χ3n) is 3.81. The van der Waals surface area contributed by atoms with Gasteiger partial charge in [0, 0.05) is 30.8 Å². The molecule has 0 radical (unpaired) electrons. The molecule has 1 aromatic carbocycles. The highest BCUT2D eigenvalue weighted by Gasteiger charge is 2.25. The fourth-order valence-electron chi connectivity index (χ4n) is 2.87. The SMILES string of the molecule is COCc1nc(N2CC(C)Cc3ccccc32)sc1CN. The zero-order chi connectivity index (χ0) is 14.8. The van der Waals surface area contributed by atoms with Crippen molar-refractivity contribution in [2.75, 3.05) is 18.6 Å². The molecule has 3 rings (SSSR count). The maximum atomic E-state index is 5.84. The van der Waals surface area contributed by atoms with Gasteiger partial charge in [0.2, 0.25) is 0 Å². The topological polar surface area (TPSA) is 51.4 Å². The predicted octanol–water partition coefficient (Wildman–Crippen LogP) is 3.08. The van der Waals surface area contributed by atoms with Gasteiger partial charge in [0.1, 0.15) is 0 Å². The van der Waals surface area contributed by atoms with Crippen molar-refractivity contribution in [3.8, 4) is 0 Å². The molecule has 0 saturated heterocycles. The maximum absolute atomic E-state index is 5.84. The van der Waals surface area contributed by atoms with Crippen LogP contribution in [-0.4, -0.2) is 18.6 Å². The van der Waals surface area contributed by atoms with E-state index < -0.39 is 0 Å². The number of benzene rings is 1. The smallest absolute Gasteiger partial charge is 0.190 e. The highest BCUT2D eigenvalue weighted by atomic mass is 32.1. The van der Waals surface area contributed by atoms with Crippen LogP contribution in [0.5, 0.6) is 0 Å². The summed E-state index contributed by atoms with van der Waals surface area (Å²) < 4.78 is 5.23. The number of para-hydroxylation sites is 1. The molecule has 0 spiro atoms. The van der Waals surface area contributed by atoms with E-state index in [4.69, 9.17) is 15.5 Å². The Bertz CT molecular complexity index is 626. The fraction of sp³-hybridized carbons (Fsp3) is 0.438. The van der Waals surface area contributed by atoms with Crippen molar-refractivity contribution in [1.82, 2.24) is 4.98 Å². The molecule has 1 aliphatic rings. The summed E-state index contributed by atoms with van der Waals surface area (Å²) in [6.45, 7) is 4.33. The number of fused-ring (bicyclic) bond motifs is 1. The summed E-state index contributed by atoms with van der Waals surface area (Å²) in [4.78, 5) is 8.21. The highest BCUT2D eigenvalue weighted by molar-refractivity contribution is 7.15. The Morgan fingerprint density at radius 3 is 3.00 bits per heavy atom. The van der Waals surface area contributed by atoms with E-state index in [1.165, 1.54) is 11.3 Å². The van der Waals surface area contributed by atoms with Crippen molar-refractivity contribution in [3.05, 3.63) is 40.4 Å². The Kier molecular flexibility index (Phi) is 4.24. The molecule has 2 heterocycles. The Labute approximate surface area is 129 Å². The number of nitrogens with zero attached hydrogens (tertiary/aromatic N) is 2. The molecule has 0 fully saturated rings. The van der Waals surface area contributed by atoms with E-state index in [1.807, 2.05) is 0 Å². The molecule has 4 nitrogen and oxygen atoms in total. The van der Waals surface area contributed by atoms with Crippen LogP contribution >= 0.6 is 11.3 Å². The fourth-order valence-corrected chi connectivity index (χ4v) is 3.84. The van der Waals surface area contributed by atoms with Crippen LogP contribution in [0.1, 0.15) is 23.1 Å². The lowest BCUT2D eigenvalue weighted by atomic mass is 9.94. The number of hydrogen-bond donors (Lipinski definition) is 1. The summed E-state index contributed by atoms with van der Waals surface area (Å²) in [6.07, 6.45) is 1.13. The van der Waals surface area contributed by atoms with Gasteiger partial charge < -0.3 is 15.4 Å². The standard InChI is InChI=1S/C16H21N3OS/c1-11-7-12-5-3-4-6-14(12)19(9-11)16-18-13(10-20-2)15(8-17)21-16/h3-6,11H,7-10,17H2,1-2H3. The highest BCUT2D eigenvalue weighted by Crippen LogP contribution is 2.38. The van der Waals surface area contributed by atoms with Crippen molar-refractivity contribution in [3.63, 3.8) is 0 Å². The molecule has 0 amide bonds. The number of ether oxygens (including phenoxy) is 1. The third-order valence-corrected chi connectivity index (χ3v) is 4.95. The first-order valence-corrected chi connectivity index (χ1v) is 8.07. The minimum absolute atomic E-state index is 0.515. The Balaban J connectivity index is 2.00. The van der Waals surface area contributed by atoms with Crippen molar-refractivity contribution >= 4 is 22.2 Å². The van der Waals surface area contributed by atoms with E-state index >= 15 is 0 Å². The van der Waals surface area contributed by atoms with Gasteiger partial charge in [-0.05, 0) is 24.0 Å². The first kappa shape index (κ1) is 14.5. The summed E-state index contributed by atoms with van der Waals surface area (Å²) in [7, 11) is 1.69. The van der Waals surface area contributed by atoms with Crippen LogP contribution in [0.3, 0.4) is 0 Å². The maximum Gasteiger partial charge on any atom is 0.190 e. The molecule has 0 aliphatic carbocycles. The van der Waals surface area contributed by atoms with E-state index in [2.05, 4.69) is 36.1 Å². The second-order valence-electron chi connectivity index (χ2n) is 5.55. The molecule has 1 aliphatic heterocycles. The molecule has 5 heteroatoms. The number of hydrogen-bond acceptors (Lipinski definition) is 5. The van der Waals surface area contributed by atoms with E-state index in [9.17, 15) is 0 Å². The second kappa shape index (κ2) is 6.13. The van der Waals surface area contributed by atoms with Gasteiger partial charge in [-0.1, -0.05) is 36.5 Å². The quantitative estimate of drug-likeness (QED) is 0.943. The molecular weight excluding hydrogens is 282 g/mol. The Morgan fingerprint density at radius 2 is 2.24 bits per heavy atom. The predicted molar refractivity (Wildman–Crippen MR) is 87.0 cm³/mol.